The third-order valence-electron chi connectivity index (χ3n) is 4.05. The van der Waals surface area contributed by atoms with Crippen LogP contribution in [-0.2, 0) is 11.3 Å². The molecule has 0 spiro atoms. The van der Waals surface area contributed by atoms with Crippen molar-refractivity contribution in [3.63, 3.8) is 0 Å². The molecule has 1 aromatic heterocycles. The zero-order valence-electron chi connectivity index (χ0n) is 12.6. The summed E-state index contributed by atoms with van der Waals surface area (Å²) in [5.74, 6) is 0.319. The number of aryl methyl sites for hydroxylation is 1. The van der Waals surface area contributed by atoms with Crippen LogP contribution in [0.1, 0.15) is 5.56 Å². The lowest BCUT2D eigenvalue weighted by molar-refractivity contribution is 0.117. The highest BCUT2D eigenvalue weighted by Crippen LogP contribution is 2.12. The average molecular weight is 287 g/mol. The number of rotatable bonds is 2. The maximum atomic E-state index is 12.6. The lowest BCUT2D eigenvalue weighted by Gasteiger charge is -2.19. The van der Waals surface area contributed by atoms with Crippen LogP contribution >= 0.6 is 0 Å². The Balaban J connectivity index is 1.90. The fourth-order valence-electron chi connectivity index (χ4n) is 2.91. The minimum absolute atomic E-state index is 0.0376. The highest BCUT2D eigenvalue weighted by Gasteiger charge is 2.17. The molecule has 1 aliphatic heterocycles. The van der Waals surface area contributed by atoms with Gasteiger partial charge < -0.3 is 9.64 Å². The average Bonchev–Trinajstić information content (AvgIpc) is 2.67. The molecule has 21 heavy (non-hydrogen) atoms. The number of fused-ring (bicyclic) bond motifs is 1. The maximum absolute atomic E-state index is 12.6. The van der Waals surface area contributed by atoms with Crippen molar-refractivity contribution in [3.8, 4) is 0 Å². The van der Waals surface area contributed by atoms with Crippen molar-refractivity contribution < 1.29 is 4.74 Å². The lowest BCUT2D eigenvalue weighted by Crippen LogP contribution is -2.32. The van der Waals surface area contributed by atoms with Gasteiger partial charge in [-0.15, -0.1) is 0 Å². The molecule has 1 aliphatic rings. The van der Waals surface area contributed by atoms with Crippen LogP contribution in [0, 0.1) is 12.8 Å². The van der Waals surface area contributed by atoms with Gasteiger partial charge in [-0.3, -0.25) is 9.36 Å². The number of nitrogens with zero attached hydrogens (tertiary/aromatic N) is 3. The number of benzene rings is 1. The van der Waals surface area contributed by atoms with Crippen molar-refractivity contribution in [2.75, 3.05) is 33.4 Å². The first-order chi connectivity index (χ1) is 10.1. The van der Waals surface area contributed by atoms with Gasteiger partial charge in [0.05, 0.1) is 30.4 Å². The summed E-state index contributed by atoms with van der Waals surface area (Å²) in [5, 5.41) is 0.695. The molecule has 0 radical (unpaired) electrons. The first kappa shape index (κ1) is 14.2. The minimum Gasteiger partial charge on any atom is -0.380 e. The Hall–Kier alpha value is -1.72. The molecule has 0 bridgehead atoms. The van der Waals surface area contributed by atoms with Gasteiger partial charge in [0.15, 0.2) is 0 Å². The predicted molar refractivity (Wildman–Crippen MR) is 82.5 cm³/mol. The van der Waals surface area contributed by atoms with Crippen LogP contribution in [0.2, 0.25) is 0 Å². The second-order valence-corrected chi connectivity index (χ2v) is 5.88. The summed E-state index contributed by atoms with van der Waals surface area (Å²) in [6.07, 6.45) is 1.67. The molecule has 1 aromatic carbocycles. The van der Waals surface area contributed by atoms with Gasteiger partial charge in [-0.2, -0.15) is 0 Å². The zero-order chi connectivity index (χ0) is 14.8. The van der Waals surface area contributed by atoms with Gasteiger partial charge in [0.2, 0.25) is 0 Å². The Morgan fingerprint density at radius 3 is 3.14 bits per heavy atom. The third-order valence-corrected chi connectivity index (χ3v) is 4.05. The van der Waals surface area contributed by atoms with E-state index in [9.17, 15) is 4.79 Å². The molecule has 0 aliphatic carbocycles. The van der Waals surface area contributed by atoms with Gasteiger partial charge in [0.1, 0.15) is 0 Å². The first-order valence-corrected chi connectivity index (χ1v) is 7.36. The number of aromatic nitrogens is 2. The number of hydrogen-bond acceptors (Lipinski definition) is 4. The van der Waals surface area contributed by atoms with E-state index < -0.39 is 0 Å². The van der Waals surface area contributed by atoms with Crippen molar-refractivity contribution in [1.29, 1.82) is 0 Å². The monoisotopic (exact) mass is 287 g/mol. The Bertz CT molecular complexity index is 695. The Morgan fingerprint density at radius 1 is 1.43 bits per heavy atom. The number of para-hydroxylation sites is 1. The molecule has 5 heteroatoms. The quantitative estimate of drug-likeness (QED) is 0.835. The molecule has 1 fully saturated rings. The normalized spacial score (nSPS) is 20.6. The summed E-state index contributed by atoms with van der Waals surface area (Å²) in [4.78, 5) is 19.3. The molecular formula is C16H21N3O2. The van der Waals surface area contributed by atoms with Crippen LogP contribution in [0.5, 0.6) is 0 Å². The maximum Gasteiger partial charge on any atom is 0.261 e. The van der Waals surface area contributed by atoms with Gasteiger partial charge in [-0.1, -0.05) is 12.1 Å². The standard InChI is InChI=1S/C16H21N3O2/c1-12-4-3-5-14-15(12)17-11-19(16(14)20)9-13-8-18(2)6-7-21-10-13/h3-5,11,13H,6-10H2,1-2H3/t13-/m1/s1. The summed E-state index contributed by atoms with van der Waals surface area (Å²) >= 11 is 0. The highest BCUT2D eigenvalue weighted by atomic mass is 16.5. The summed E-state index contributed by atoms with van der Waals surface area (Å²) in [6.45, 7) is 5.98. The third kappa shape index (κ3) is 2.99. The lowest BCUT2D eigenvalue weighted by atomic mass is 10.1. The Morgan fingerprint density at radius 2 is 2.29 bits per heavy atom. The van der Waals surface area contributed by atoms with Crippen LogP contribution in [0.4, 0.5) is 0 Å². The summed E-state index contributed by atoms with van der Waals surface area (Å²) in [7, 11) is 2.09. The minimum atomic E-state index is 0.0376. The van der Waals surface area contributed by atoms with Crippen LogP contribution in [0.25, 0.3) is 10.9 Å². The molecule has 112 valence electrons. The Labute approximate surface area is 124 Å². The molecule has 5 nitrogen and oxygen atoms in total. The Kier molecular flexibility index (Phi) is 4.03. The van der Waals surface area contributed by atoms with Crippen molar-refractivity contribution in [3.05, 3.63) is 40.4 Å². The fourth-order valence-corrected chi connectivity index (χ4v) is 2.91. The number of hydrogen-bond donors (Lipinski definition) is 0. The van der Waals surface area contributed by atoms with E-state index in [1.807, 2.05) is 25.1 Å². The van der Waals surface area contributed by atoms with E-state index >= 15 is 0 Å². The zero-order valence-corrected chi connectivity index (χ0v) is 12.6. The topological polar surface area (TPSA) is 47.4 Å². The van der Waals surface area contributed by atoms with E-state index in [0.717, 1.165) is 30.8 Å². The van der Waals surface area contributed by atoms with Gasteiger partial charge >= 0.3 is 0 Å². The number of likely N-dealkylation sites (N-methyl/N-ethyl adjacent to an activating group) is 1. The van der Waals surface area contributed by atoms with E-state index in [-0.39, 0.29) is 5.56 Å². The molecule has 3 rings (SSSR count). The molecule has 2 aromatic rings. The van der Waals surface area contributed by atoms with E-state index in [1.165, 1.54) is 0 Å². The molecule has 0 N–H and O–H groups in total. The fraction of sp³-hybridized carbons (Fsp3) is 0.500. The molecule has 2 heterocycles. The molecule has 1 atom stereocenters. The first-order valence-electron chi connectivity index (χ1n) is 7.36. The largest absolute Gasteiger partial charge is 0.380 e. The van der Waals surface area contributed by atoms with E-state index in [1.54, 1.807) is 10.9 Å². The smallest absolute Gasteiger partial charge is 0.261 e. The van der Waals surface area contributed by atoms with Crippen molar-refractivity contribution >= 4 is 10.9 Å². The molecular weight excluding hydrogens is 266 g/mol. The van der Waals surface area contributed by atoms with Crippen molar-refractivity contribution in [1.82, 2.24) is 14.5 Å². The molecule has 0 saturated carbocycles. The highest BCUT2D eigenvalue weighted by molar-refractivity contribution is 5.80. The molecule has 0 amide bonds. The number of ether oxygens (including phenoxy) is 1. The second-order valence-electron chi connectivity index (χ2n) is 5.88. The van der Waals surface area contributed by atoms with E-state index in [0.29, 0.717) is 24.5 Å². The van der Waals surface area contributed by atoms with Crippen LogP contribution < -0.4 is 5.56 Å². The molecule has 1 saturated heterocycles. The predicted octanol–water partition coefficient (Wildman–Crippen LogP) is 1.28. The SMILES string of the molecule is Cc1cccc2c(=O)n(C[C@@H]3COCCN(C)C3)cnc12. The van der Waals surface area contributed by atoms with E-state index in [2.05, 4.69) is 16.9 Å². The van der Waals surface area contributed by atoms with Gasteiger partial charge in [-0.05, 0) is 25.6 Å². The second kappa shape index (κ2) is 5.95. The summed E-state index contributed by atoms with van der Waals surface area (Å²) in [6, 6.07) is 5.74. The van der Waals surface area contributed by atoms with Crippen molar-refractivity contribution in [2.45, 2.75) is 13.5 Å². The van der Waals surface area contributed by atoms with Gasteiger partial charge in [0, 0.05) is 25.6 Å². The van der Waals surface area contributed by atoms with Crippen LogP contribution in [0.3, 0.4) is 0 Å². The summed E-state index contributed by atoms with van der Waals surface area (Å²) in [5.41, 5.74) is 1.87. The van der Waals surface area contributed by atoms with Gasteiger partial charge in [0.25, 0.3) is 5.56 Å². The molecule has 0 unspecified atom stereocenters. The van der Waals surface area contributed by atoms with Gasteiger partial charge in [-0.25, -0.2) is 4.98 Å². The van der Waals surface area contributed by atoms with Crippen LogP contribution in [0.15, 0.2) is 29.3 Å². The van der Waals surface area contributed by atoms with Crippen molar-refractivity contribution in [2.24, 2.45) is 5.92 Å². The van der Waals surface area contributed by atoms with Crippen LogP contribution in [-0.4, -0.2) is 47.8 Å². The van der Waals surface area contributed by atoms with E-state index in [4.69, 9.17) is 4.74 Å². The summed E-state index contributed by atoms with van der Waals surface area (Å²) < 4.78 is 7.34.